The van der Waals surface area contributed by atoms with Crippen LogP contribution < -0.4 is 14.9 Å². The van der Waals surface area contributed by atoms with E-state index in [2.05, 4.69) is 10.5 Å². The number of hydrazone groups is 1. The number of ether oxygens (including phenoxy) is 2. The number of aryl methyl sites for hydroxylation is 1. The van der Waals surface area contributed by atoms with Crippen molar-refractivity contribution in [3.63, 3.8) is 0 Å². The molecule has 27 heavy (non-hydrogen) atoms. The van der Waals surface area contributed by atoms with Crippen molar-refractivity contribution in [1.29, 1.82) is 0 Å². The molecule has 8 heteroatoms. The second-order valence-corrected chi connectivity index (χ2v) is 5.37. The first-order valence-corrected chi connectivity index (χ1v) is 7.89. The molecule has 1 amide bonds. The molecule has 0 bridgehead atoms. The van der Waals surface area contributed by atoms with Crippen molar-refractivity contribution in [1.82, 2.24) is 5.43 Å². The molecule has 0 aliphatic rings. The molecule has 1 N–H and O–H groups in total. The van der Waals surface area contributed by atoms with E-state index in [0.29, 0.717) is 22.6 Å². The van der Waals surface area contributed by atoms with Gasteiger partial charge in [0.2, 0.25) is 5.76 Å². The van der Waals surface area contributed by atoms with Gasteiger partial charge in [0.15, 0.2) is 11.5 Å². The summed E-state index contributed by atoms with van der Waals surface area (Å²) in [5.74, 6) is 0.132. The highest BCUT2D eigenvalue weighted by Crippen LogP contribution is 2.28. The van der Waals surface area contributed by atoms with Gasteiger partial charge >= 0.3 is 5.97 Å². The molecule has 0 saturated carbocycles. The highest BCUT2D eigenvalue weighted by atomic mass is 16.6. The van der Waals surface area contributed by atoms with Crippen molar-refractivity contribution in [2.24, 2.45) is 5.10 Å². The lowest BCUT2D eigenvalue weighted by molar-refractivity contribution is 0.0696. The Balaban J connectivity index is 1.67. The second kappa shape index (κ2) is 8.05. The topological polar surface area (TPSA) is 103 Å². The third kappa shape index (κ3) is 4.24. The molecular formula is C19H16N2O6. The molecule has 0 aliphatic carbocycles. The molecule has 0 radical (unpaired) electrons. The first kappa shape index (κ1) is 18.0. The first-order chi connectivity index (χ1) is 13.1. The average Bonchev–Trinajstić information content (AvgIpc) is 3.34. The monoisotopic (exact) mass is 368 g/mol. The van der Waals surface area contributed by atoms with Gasteiger partial charge in [0.25, 0.3) is 5.91 Å². The summed E-state index contributed by atoms with van der Waals surface area (Å²) in [4.78, 5) is 23.9. The number of methoxy groups -OCH3 is 1. The van der Waals surface area contributed by atoms with Gasteiger partial charge in [-0.2, -0.15) is 5.10 Å². The van der Waals surface area contributed by atoms with Crippen LogP contribution in [0.3, 0.4) is 0 Å². The van der Waals surface area contributed by atoms with E-state index in [1.807, 2.05) is 0 Å². The lowest BCUT2D eigenvalue weighted by atomic mass is 10.2. The van der Waals surface area contributed by atoms with Gasteiger partial charge in [0, 0.05) is 0 Å². The number of carbonyl (C=O) groups is 2. The SMILES string of the molecule is COc1cc(/C=N/NC(=O)c2ccoc2C)ccc1OC(=O)c1ccco1. The second-order valence-electron chi connectivity index (χ2n) is 5.37. The van der Waals surface area contributed by atoms with Crippen molar-refractivity contribution in [2.45, 2.75) is 6.92 Å². The third-order valence-corrected chi connectivity index (χ3v) is 3.60. The number of esters is 1. The van der Waals surface area contributed by atoms with Crippen LogP contribution in [-0.2, 0) is 0 Å². The van der Waals surface area contributed by atoms with E-state index in [1.54, 1.807) is 37.3 Å². The quantitative estimate of drug-likeness (QED) is 0.310. The fourth-order valence-electron chi connectivity index (χ4n) is 2.24. The molecule has 2 aromatic heterocycles. The fraction of sp³-hybridized carbons (Fsp3) is 0.105. The van der Waals surface area contributed by atoms with Crippen LogP contribution in [-0.4, -0.2) is 25.2 Å². The number of hydrogen-bond donors (Lipinski definition) is 1. The molecule has 0 spiro atoms. The average molecular weight is 368 g/mol. The zero-order valence-corrected chi connectivity index (χ0v) is 14.6. The van der Waals surface area contributed by atoms with E-state index in [4.69, 9.17) is 18.3 Å². The summed E-state index contributed by atoms with van der Waals surface area (Å²) in [7, 11) is 1.45. The first-order valence-electron chi connectivity index (χ1n) is 7.89. The zero-order chi connectivity index (χ0) is 19.2. The summed E-state index contributed by atoms with van der Waals surface area (Å²) in [5, 5.41) is 3.90. The van der Waals surface area contributed by atoms with E-state index < -0.39 is 5.97 Å². The molecule has 0 aliphatic heterocycles. The molecular weight excluding hydrogens is 352 g/mol. The molecule has 2 heterocycles. The number of benzene rings is 1. The van der Waals surface area contributed by atoms with Crippen molar-refractivity contribution in [2.75, 3.05) is 7.11 Å². The molecule has 1 aromatic carbocycles. The molecule has 3 aromatic rings. The summed E-state index contributed by atoms with van der Waals surface area (Å²) in [5.41, 5.74) is 3.45. The van der Waals surface area contributed by atoms with Gasteiger partial charge in [-0.25, -0.2) is 10.2 Å². The van der Waals surface area contributed by atoms with Crippen LogP contribution in [0.4, 0.5) is 0 Å². The standard InChI is InChI=1S/C19H16N2O6/c1-12-14(7-9-25-12)18(22)21-20-11-13-5-6-15(17(10-13)24-2)27-19(23)16-4-3-8-26-16/h3-11H,1-2H3,(H,21,22)/b20-11+. The number of carbonyl (C=O) groups excluding carboxylic acids is 2. The molecule has 8 nitrogen and oxygen atoms in total. The third-order valence-electron chi connectivity index (χ3n) is 3.60. The number of rotatable bonds is 6. The van der Waals surface area contributed by atoms with Gasteiger partial charge in [-0.3, -0.25) is 4.79 Å². The van der Waals surface area contributed by atoms with Crippen molar-refractivity contribution in [3.05, 3.63) is 71.6 Å². The molecule has 138 valence electrons. The molecule has 0 atom stereocenters. The Bertz CT molecular complexity index is 972. The summed E-state index contributed by atoms with van der Waals surface area (Å²) in [6.45, 7) is 1.69. The van der Waals surface area contributed by atoms with Crippen LogP contribution >= 0.6 is 0 Å². The molecule has 3 rings (SSSR count). The minimum absolute atomic E-state index is 0.0833. The number of nitrogens with zero attached hydrogens (tertiary/aromatic N) is 1. The van der Waals surface area contributed by atoms with Crippen LogP contribution in [0.25, 0.3) is 0 Å². The van der Waals surface area contributed by atoms with Gasteiger partial charge in [0.1, 0.15) is 5.76 Å². The highest BCUT2D eigenvalue weighted by molar-refractivity contribution is 5.95. The van der Waals surface area contributed by atoms with Crippen LogP contribution in [0.5, 0.6) is 11.5 Å². The number of amides is 1. The number of furan rings is 2. The summed E-state index contributed by atoms with van der Waals surface area (Å²) in [6, 6.07) is 9.48. The van der Waals surface area contributed by atoms with Gasteiger partial charge < -0.3 is 18.3 Å². The Hall–Kier alpha value is -3.81. The fourth-order valence-corrected chi connectivity index (χ4v) is 2.24. The Labute approximate surface area is 154 Å². The van der Waals surface area contributed by atoms with Crippen LogP contribution in [0.1, 0.15) is 32.2 Å². The maximum atomic E-state index is 12.0. The normalized spacial score (nSPS) is 10.7. The van der Waals surface area contributed by atoms with Crippen molar-refractivity contribution < 1.29 is 27.9 Å². The van der Waals surface area contributed by atoms with E-state index in [-0.39, 0.29) is 17.4 Å². The predicted molar refractivity (Wildman–Crippen MR) is 95.2 cm³/mol. The summed E-state index contributed by atoms with van der Waals surface area (Å²) < 4.78 is 20.6. The molecule has 0 unspecified atom stereocenters. The van der Waals surface area contributed by atoms with Crippen molar-refractivity contribution >= 4 is 18.1 Å². The summed E-state index contributed by atoms with van der Waals surface area (Å²) in [6.07, 6.45) is 4.25. The maximum absolute atomic E-state index is 12.0. The van der Waals surface area contributed by atoms with Gasteiger partial charge in [-0.15, -0.1) is 0 Å². The minimum atomic E-state index is -0.637. The zero-order valence-electron chi connectivity index (χ0n) is 14.6. The van der Waals surface area contributed by atoms with Crippen LogP contribution in [0, 0.1) is 6.92 Å². The van der Waals surface area contributed by atoms with Crippen LogP contribution in [0.2, 0.25) is 0 Å². The largest absolute Gasteiger partial charge is 0.493 e. The Morgan fingerprint density at radius 1 is 1.11 bits per heavy atom. The predicted octanol–water partition coefficient (Wildman–Crippen LogP) is 3.17. The number of hydrogen-bond acceptors (Lipinski definition) is 7. The minimum Gasteiger partial charge on any atom is -0.493 e. The van der Waals surface area contributed by atoms with E-state index in [0.717, 1.165) is 0 Å². The Morgan fingerprint density at radius 2 is 1.96 bits per heavy atom. The molecule has 0 saturated heterocycles. The van der Waals surface area contributed by atoms with E-state index in [1.165, 1.54) is 31.9 Å². The Kier molecular flexibility index (Phi) is 5.36. The lowest BCUT2D eigenvalue weighted by Gasteiger charge is -2.09. The maximum Gasteiger partial charge on any atom is 0.379 e. The smallest absolute Gasteiger partial charge is 0.379 e. The highest BCUT2D eigenvalue weighted by Gasteiger charge is 2.15. The van der Waals surface area contributed by atoms with E-state index >= 15 is 0 Å². The van der Waals surface area contributed by atoms with Crippen molar-refractivity contribution in [3.8, 4) is 11.5 Å². The lowest BCUT2D eigenvalue weighted by Crippen LogP contribution is -2.17. The summed E-state index contributed by atoms with van der Waals surface area (Å²) >= 11 is 0. The number of nitrogens with one attached hydrogen (secondary N) is 1. The van der Waals surface area contributed by atoms with Gasteiger partial charge in [-0.1, -0.05) is 0 Å². The van der Waals surface area contributed by atoms with Crippen LogP contribution in [0.15, 0.2) is 62.9 Å². The van der Waals surface area contributed by atoms with Gasteiger partial charge in [0.05, 0.1) is 31.4 Å². The van der Waals surface area contributed by atoms with E-state index in [9.17, 15) is 9.59 Å². The van der Waals surface area contributed by atoms with Gasteiger partial charge in [-0.05, 0) is 48.9 Å². The Morgan fingerprint density at radius 3 is 2.63 bits per heavy atom. The molecule has 0 fully saturated rings.